The van der Waals surface area contributed by atoms with E-state index in [0.717, 1.165) is 24.1 Å². The number of rotatable bonds is 5. The van der Waals surface area contributed by atoms with Crippen LogP contribution in [0.3, 0.4) is 0 Å². The Morgan fingerprint density at radius 3 is 2.51 bits per heavy atom. The van der Waals surface area contributed by atoms with Crippen molar-refractivity contribution < 1.29 is 37.4 Å². The lowest BCUT2D eigenvalue weighted by Gasteiger charge is -2.42. The highest BCUT2D eigenvalue weighted by Gasteiger charge is 2.49. The van der Waals surface area contributed by atoms with E-state index in [1.54, 1.807) is 12.1 Å². The first-order valence-corrected chi connectivity index (χ1v) is 11.0. The second-order valence-electron chi connectivity index (χ2n) is 8.36. The van der Waals surface area contributed by atoms with Crippen LogP contribution in [0.5, 0.6) is 0 Å². The third kappa shape index (κ3) is 4.78. The number of nitrogens with one attached hydrogen (secondary N) is 2. The van der Waals surface area contributed by atoms with E-state index in [1.807, 2.05) is 0 Å². The standard InChI is InChI=1S/C23H21ClF3N3O5/c1-35-22(34)29-17-19(31)14-7-6-11(25)8-16(14)30(21(17)33)18(13-4-2-3-5-15(13)24)20(32)28-12-9-23(26,27)10-12/h2-8,12,17-19,31H,9-10H2,1H3,(H,28,32)(H,29,34)/t17-,18?,19+/m0/s1. The number of nitrogens with zero attached hydrogens (tertiary/aromatic N) is 1. The van der Waals surface area contributed by atoms with Crippen LogP contribution in [0.15, 0.2) is 42.5 Å². The molecule has 0 bridgehead atoms. The number of fused-ring (bicyclic) bond motifs is 1. The first-order chi connectivity index (χ1) is 16.5. The number of alkyl carbamates (subject to hydrolysis) is 1. The molecule has 8 nitrogen and oxygen atoms in total. The van der Waals surface area contributed by atoms with E-state index in [9.17, 15) is 32.7 Å². The van der Waals surface area contributed by atoms with Gasteiger partial charge in [0, 0.05) is 35.0 Å². The summed E-state index contributed by atoms with van der Waals surface area (Å²) < 4.78 is 45.6. The van der Waals surface area contributed by atoms with Crippen LogP contribution in [0.2, 0.25) is 5.02 Å². The van der Waals surface area contributed by atoms with E-state index in [1.165, 1.54) is 18.2 Å². The van der Waals surface area contributed by atoms with Gasteiger partial charge in [-0.1, -0.05) is 35.9 Å². The molecule has 0 saturated heterocycles. The lowest BCUT2D eigenvalue weighted by atomic mass is 9.87. The van der Waals surface area contributed by atoms with Crippen molar-refractivity contribution in [2.24, 2.45) is 0 Å². The molecule has 1 aliphatic carbocycles. The SMILES string of the molecule is COC(=O)N[C@@H]1C(=O)N(C(C(=O)NC2CC(F)(F)C2)c2ccccc2Cl)c2cc(F)ccc2[C@H]1O. The van der Waals surface area contributed by atoms with Gasteiger partial charge in [-0.15, -0.1) is 0 Å². The third-order valence-electron chi connectivity index (χ3n) is 5.99. The first kappa shape index (κ1) is 24.8. The Hall–Kier alpha value is -3.31. The van der Waals surface area contributed by atoms with E-state index in [-0.39, 0.29) is 21.8 Å². The summed E-state index contributed by atoms with van der Waals surface area (Å²) in [5.41, 5.74) is 0.0476. The quantitative estimate of drug-likeness (QED) is 0.571. The lowest BCUT2D eigenvalue weighted by Crippen LogP contribution is -2.59. The van der Waals surface area contributed by atoms with Crippen LogP contribution in [0.25, 0.3) is 0 Å². The largest absolute Gasteiger partial charge is 0.453 e. The summed E-state index contributed by atoms with van der Waals surface area (Å²) in [6.45, 7) is 0. The number of hydrogen-bond donors (Lipinski definition) is 3. The zero-order valence-corrected chi connectivity index (χ0v) is 19.1. The van der Waals surface area contributed by atoms with Crippen molar-refractivity contribution in [3.63, 3.8) is 0 Å². The van der Waals surface area contributed by atoms with Gasteiger partial charge in [-0.2, -0.15) is 0 Å². The predicted octanol–water partition coefficient (Wildman–Crippen LogP) is 3.24. The van der Waals surface area contributed by atoms with Crippen molar-refractivity contribution in [2.45, 2.75) is 43.0 Å². The molecule has 35 heavy (non-hydrogen) atoms. The van der Waals surface area contributed by atoms with Crippen LogP contribution in [0, 0.1) is 5.82 Å². The number of alkyl halides is 2. The van der Waals surface area contributed by atoms with Gasteiger partial charge in [0.2, 0.25) is 5.91 Å². The molecular weight excluding hydrogens is 491 g/mol. The maximum atomic E-state index is 14.3. The Balaban J connectivity index is 1.82. The summed E-state index contributed by atoms with van der Waals surface area (Å²) in [7, 11) is 1.06. The number of benzene rings is 2. The van der Waals surface area contributed by atoms with Gasteiger partial charge in [0.15, 0.2) is 0 Å². The first-order valence-electron chi connectivity index (χ1n) is 10.6. The van der Waals surface area contributed by atoms with Gasteiger partial charge in [0.05, 0.1) is 12.8 Å². The smallest absolute Gasteiger partial charge is 0.407 e. The zero-order valence-electron chi connectivity index (χ0n) is 18.3. The zero-order chi connectivity index (χ0) is 25.5. The number of carbonyl (C=O) groups excluding carboxylic acids is 3. The molecule has 1 aliphatic heterocycles. The molecule has 1 heterocycles. The van der Waals surface area contributed by atoms with E-state index in [0.29, 0.717) is 0 Å². The molecule has 186 valence electrons. The fourth-order valence-corrected chi connectivity index (χ4v) is 4.53. The summed E-state index contributed by atoms with van der Waals surface area (Å²) in [6.07, 6.45) is -3.76. The van der Waals surface area contributed by atoms with Crippen molar-refractivity contribution in [1.82, 2.24) is 10.6 Å². The average molecular weight is 512 g/mol. The third-order valence-corrected chi connectivity index (χ3v) is 6.34. The molecule has 2 aromatic rings. The molecule has 12 heteroatoms. The number of anilines is 1. The molecule has 0 spiro atoms. The Bertz CT molecular complexity index is 1170. The Morgan fingerprint density at radius 1 is 1.20 bits per heavy atom. The molecule has 0 radical (unpaired) electrons. The number of carbonyl (C=O) groups is 3. The van der Waals surface area contributed by atoms with E-state index >= 15 is 0 Å². The summed E-state index contributed by atoms with van der Waals surface area (Å²) in [5, 5.41) is 15.6. The minimum absolute atomic E-state index is 0.0486. The van der Waals surface area contributed by atoms with Gasteiger partial charge in [0.1, 0.15) is 24.0 Å². The number of hydrogen-bond acceptors (Lipinski definition) is 5. The van der Waals surface area contributed by atoms with Gasteiger partial charge in [0.25, 0.3) is 11.8 Å². The van der Waals surface area contributed by atoms with Crippen LogP contribution in [0.1, 0.15) is 36.1 Å². The fourth-order valence-electron chi connectivity index (χ4n) is 4.29. The van der Waals surface area contributed by atoms with Crippen LogP contribution in [-0.2, 0) is 14.3 Å². The number of aliphatic hydroxyl groups excluding tert-OH is 1. The average Bonchev–Trinajstić information content (AvgIpc) is 2.78. The van der Waals surface area contributed by atoms with Crippen molar-refractivity contribution >= 4 is 35.2 Å². The second-order valence-corrected chi connectivity index (χ2v) is 8.77. The van der Waals surface area contributed by atoms with E-state index < -0.39 is 66.7 Å². The number of aliphatic hydroxyl groups is 1. The molecule has 3 N–H and O–H groups in total. The van der Waals surface area contributed by atoms with Gasteiger partial charge < -0.3 is 20.5 Å². The summed E-state index contributed by atoms with van der Waals surface area (Å²) >= 11 is 6.34. The lowest BCUT2D eigenvalue weighted by molar-refractivity contribution is -0.134. The summed E-state index contributed by atoms with van der Waals surface area (Å²) in [5.74, 6) is -5.46. The van der Waals surface area contributed by atoms with E-state index in [4.69, 9.17) is 11.6 Å². The van der Waals surface area contributed by atoms with Crippen LogP contribution < -0.4 is 15.5 Å². The molecular formula is C23H21ClF3N3O5. The van der Waals surface area contributed by atoms with Crippen molar-refractivity contribution in [1.29, 1.82) is 0 Å². The molecule has 2 aromatic carbocycles. The molecule has 4 rings (SSSR count). The van der Waals surface area contributed by atoms with Gasteiger partial charge in [-0.3, -0.25) is 14.5 Å². The van der Waals surface area contributed by atoms with Crippen molar-refractivity contribution in [2.75, 3.05) is 12.0 Å². The number of ether oxygens (including phenoxy) is 1. The minimum Gasteiger partial charge on any atom is -0.453 e. The molecule has 2 aliphatic rings. The molecule has 3 amide bonds. The Kier molecular flexibility index (Phi) is 6.65. The molecule has 1 saturated carbocycles. The van der Waals surface area contributed by atoms with Gasteiger partial charge in [-0.05, 0) is 18.2 Å². The van der Waals surface area contributed by atoms with Crippen molar-refractivity contribution in [3.8, 4) is 0 Å². The number of amides is 3. The topological polar surface area (TPSA) is 108 Å². The Labute approximate surface area is 203 Å². The Morgan fingerprint density at radius 2 is 1.89 bits per heavy atom. The monoisotopic (exact) mass is 511 g/mol. The minimum atomic E-state index is -2.91. The molecule has 1 unspecified atom stereocenters. The highest BCUT2D eigenvalue weighted by molar-refractivity contribution is 6.31. The summed E-state index contributed by atoms with van der Waals surface area (Å²) in [6, 6.07) is 5.33. The molecule has 3 atom stereocenters. The van der Waals surface area contributed by atoms with Gasteiger partial charge in [-0.25, -0.2) is 18.0 Å². The normalized spacial score (nSPS) is 22.0. The van der Waals surface area contributed by atoms with Crippen molar-refractivity contribution in [3.05, 3.63) is 64.4 Å². The van der Waals surface area contributed by atoms with Crippen LogP contribution in [0.4, 0.5) is 23.7 Å². The maximum Gasteiger partial charge on any atom is 0.407 e. The molecule has 1 fully saturated rings. The van der Waals surface area contributed by atoms with Gasteiger partial charge >= 0.3 is 6.09 Å². The predicted molar refractivity (Wildman–Crippen MR) is 118 cm³/mol. The highest BCUT2D eigenvalue weighted by Crippen LogP contribution is 2.42. The van der Waals surface area contributed by atoms with Crippen LogP contribution in [-0.4, -0.2) is 48.1 Å². The fraction of sp³-hybridized carbons (Fsp3) is 0.348. The van der Waals surface area contributed by atoms with E-state index in [2.05, 4.69) is 15.4 Å². The highest BCUT2D eigenvalue weighted by atomic mass is 35.5. The second kappa shape index (κ2) is 9.38. The number of methoxy groups -OCH3 is 1. The summed E-state index contributed by atoms with van der Waals surface area (Å²) in [4.78, 5) is 39.8. The number of halogens is 4. The molecule has 0 aromatic heterocycles. The van der Waals surface area contributed by atoms with Crippen LogP contribution >= 0.6 is 11.6 Å². The maximum absolute atomic E-state index is 14.3.